The molecule has 8 nitrogen and oxygen atoms in total. The van der Waals surface area contributed by atoms with Gasteiger partial charge in [0.15, 0.2) is 17.0 Å². The highest BCUT2D eigenvalue weighted by atomic mass is 32.1. The molecule has 4 aromatic rings. The van der Waals surface area contributed by atoms with Gasteiger partial charge in [-0.15, -0.1) is 11.3 Å². The molecule has 0 unspecified atom stereocenters. The van der Waals surface area contributed by atoms with Crippen molar-refractivity contribution in [3.05, 3.63) is 64.4 Å². The molecule has 2 aromatic carbocycles. The van der Waals surface area contributed by atoms with E-state index in [0.717, 1.165) is 44.8 Å². The molecule has 0 bridgehead atoms. The van der Waals surface area contributed by atoms with Gasteiger partial charge < -0.3 is 20.0 Å². The number of nitrogens with zero attached hydrogens (tertiary/aromatic N) is 3. The third-order valence-corrected chi connectivity index (χ3v) is 6.61. The number of fused-ring (bicyclic) bond motifs is 2. The Morgan fingerprint density at radius 3 is 2.97 bits per heavy atom. The fraction of sp³-hybridized carbons (Fsp3) is 0.250. The zero-order valence-electron chi connectivity index (χ0n) is 18.1. The Kier molecular flexibility index (Phi) is 5.89. The van der Waals surface area contributed by atoms with Gasteiger partial charge in [0.2, 0.25) is 5.91 Å². The van der Waals surface area contributed by atoms with E-state index < -0.39 is 0 Å². The van der Waals surface area contributed by atoms with Crippen molar-refractivity contribution in [2.24, 2.45) is 0 Å². The van der Waals surface area contributed by atoms with Gasteiger partial charge in [-0.3, -0.25) is 9.59 Å². The molecule has 5 rings (SSSR count). The van der Waals surface area contributed by atoms with Crippen molar-refractivity contribution in [3.8, 4) is 11.1 Å². The Bertz CT molecular complexity index is 1330. The molecule has 0 spiro atoms. The van der Waals surface area contributed by atoms with Crippen molar-refractivity contribution in [1.82, 2.24) is 20.6 Å². The lowest BCUT2D eigenvalue weighted by Crippen LogP contribution is -2.29. The predicted molar refractivity (Wildman–Crippen MR) is 127 cm³/mol. The standard InChI is InChI=1S/C24H23N5O3S/c1-15(30)26-9-8-25-12-17-13-27-23(33-17)24(31)29-10-7-19-18(3-2-4-21(19)29)16-5-6-22-20(11-16)28-14-32-22/h2-6,11,13-14,25H,7-10,12H2,1H3,(H,26,30). The summed E-state index contributed by atoms with van der Waals surface area (Å²) >= 11 is 1.40. The predicted octanol–water partition coefficient (Wildman–Crippen LogP) is 3.38. The van der Waals surface area contributed by atoms with E-state index in [9.17, 15) is 9.59 Å². The molecule has 2 amide bonds. The maximum Gasteiger partial charge on any atom is 0.287 e. The number of carbonyl (C=O) groups excluding carboxylic acids is 2. The van der Waals surface area contributed by atoms with E-state index in [2.05, 4.69) is 26.7 Å². The lowest BCUT2D eigenvalue weighted by atomic mass is 9.97. The van der Waals surface area contributed by atoms with Crippen molar-refractivity contribution in [2.45, 2.75) is 19.9 Å². The third-order valence-electron chi connectivity index (χ3n) is 5.63. The minimum atomic E-state index is -0.0765. The second-order valence-corrected chi connectivity index (χ2v) is 8.95. The van der Waals surface area contributed by atoms with Crippen LogP contribution in [0.2, 0.25) is 0 Å². The SMILES string of the molecule is CC(=O)NCCNCc1cnc(C(=O)N2CCc3c(-c4ccc5ocnc5c4)cccc32)s1. The number of oxazole rings is 1. The molecular formula is C24H23N5O3S. The normalized spacial score (nSPS) is 12.8. The molecule has 0 atom stereocenters. The summed E-state index contributed by atoms with van der Waals surface area (Å²) in [7, 11) is 0. The topological polar surface area (TPSA) is 100 Å². The van der Waals surface area contributed by atoms with Crippen LogP contribution in [-0.2, 0) is 17.8 Å². The van der Waals surface area contributed by atoms with Crippen LogP contribution in [-0.4, -0.2) is 41.4 Å². The van der Waals surface area contributed by atoms with Crippen LogP contribution in [0, 0.1) is 0 Å². The van der Waals surface area contributed by atoms with Crippen molar-refractivity contribution >= 4 is 39.9 Å². The largest absolute Gasteiger partial charge is 0.443 e. The van der Waals surface area contributed by atoms with Gasteiger partial charge in [-0.05, 0) is 41.3 Å². The molecule has 0 aliphatic carbocycles. The number of hydrogen-bond acceptors (Lipinski definition) is 7. The van der Waals surface area contributed by atoms with Crippen LogP contribution in [0.1, 0.15) is 27.2 Å². The number of carbonyl (C=O) groups is 2. The second-order valence-electron chi connectivity index (χ2n) is 7.84. The number of aromatic nitrogens is 2. The van der Waals surface area contributed by atoms with E-state index in [1.807, 2.05) is 35.2 Å². The quantitative estimate of drug-likeness (QED) is 0.409. The first-order chi connectivity index (χ1) is 16.1. The zero-order valence-corrected chi connectivity index (χ0v) is 18.9. The molecule has 168 valence electrons. The maximum absolute atomic E-state index is 13.2. The maximum atomic E-state index is 13.2. The number of benzene rings is 2. The third kappa shape index (κ3) is 4.37. The number of rotatable bonds is 7. The summed E-state index contributed by atoms with van der Waals surface area (Å²) in [5, 5.41) is 6.47. The molecule has 0 saturated heterocycles. The van der Waals surface area contributed by atoms with Crippen LogP contribution in [0.4, 0.5) is 5.69 Å². The van der Waals surface area contributed by atoms with Gasteiger partial charge in [0.05, 0.1) is 0 Å². The molecule has 1 aliphatic heterocycles. The average Bonchev–Trinajstić information content (AvgIpc) is 3.56. The van der Waals surface area contributed by atoms with Crippen LogP contribution >= 0.6 is 11.3 Å². The Hall–Kier alpha value is -3.56. The summed E-state index contributed by atoms with van der Waals surface area (Å²) in [5.41, 5.74) is 5.83. The summed E-state index contributed by atoms with van der Waals surface area (Å²) in [4.78, 5) is 35.6. The molecule has 0 saturated carbocycles. The molecular weight excluding hydrogens is 438 g/mol. The first-order valence-corrected chi connectivity index (χ1v) is 11.6. The van der Waals surface area contributed by atoms with E-state index in [0.29, 0.717) is 31.2 Å². The molecule has 0 radical (unpaired) electrons. The Morgan fingerprint density at radius 1 is 1.18 bits per heavy atom. The zero-order chi connectivity index (χ0) is 22.8. The fourth-order valence-corrected chi connectivity index (χ4v) is 4.91. The lowest BCUT2D eigenvalue weighted by Gasteiger charge is -2.16. The number of nitrogens with one attached hydrogen (secondary N) is 2. The highest BCUT2D eigenvalue weighted by molar-refractivity contribution is 7.13. The highest BCUT2D eigenvalue weighted by Gasteiger charge is 2.29. The van der Waals surface area contributed by atoms with E-state index in [4.69, 9.17) is 4.42 Å². The van der Waals surface area contributed by atoms with Crippen molar-refractivity contribution in [2.75, 3.05) is 24.5 Å². The second kappa shape index (κ2) is 9.13. The van der Waals surface area contributed by atoms with E-state index in [-0.39, 0.29) is 11.8 Å². The lowest BCUT2D eigenvalue weighted by molar-refractivity contribution is -0.118. The Labute approximate surface area is 194 Å². The van der Waals surface area contributed by atoms with Crippen molar-refractivity contribution in [3.63, 3.8) is 0 Å². The average molecular weight is 462 g/mol. The fourth-order valence-electron chi connectivity index (χ4n) is 4.08. The first kappa shape index (κ1) is 21.3. The summed E-state index contributed by atoms with van der Waals surface area (Å²) in [6.45, 7) is 3.95. The van der Waals surface area contributed by atoms with Crippen LogP contribution in [0.25, 0.3) is 22.2 Å². The van der Waals surface area contributed by atoms with Crippen molar-refractivity contribution < 1.29 is 14.0 Å². The molecule has 2 aromatic heterocycles. The summed E-state index contributed by atoms with van der Waals surface area (Å²) in [5.74, 6) is -0.123. The van der Waals surface area contributed by atoms with Gasteiger partial charge in [-0.2, -0.15) is 0 Å². The molecule has 3 heterocycles. The van der Waals surface area contributed by atoms with E-state index in [1.54, 1.807) is 6.20 Å². The van der Waals surface area contributed by atoms with Gasteiger partial charge in [-0.25, -0.2) is 9.97 Å². The number of anilines is 1. The first-order valence-electron chi connectivity index (χ1n) is 10.8. The van der Waals surface area contributed by atoms with E-state index >= 15 is 0 Å². The number of amides is 2. The van der Waals surface area contributed by atoms with E-state index in [1.165, 1.54) is 24.7 Å². The molecule has 33 heavy (non-hydrogen) atoms. The summed E-state index contributed by atoms with van der Waals surface area (Å²) in [6, 6.07) is 12.0. The molecule has 1 aliphatic rings. The van der Waals surface area contributed by atoms with Gasteiger partial charge in [-0.1, -0.05) is 18.2 Å². The van der Waals surface area contributed by atoms with Crippen LogP contribution in [0.15, 0.2) is 53.4 Å². The van der Waals surface area contributed by atoms with Crippen LogP contribution in [0.5, 0.6) is 0 Å². The van der Waals surface area contributed by atoms with Gasteiger partial charge in [0.1, 0.15) is 5.52 Å². The van der Waals surface area contributed by atoms with Crippen molar-refractivity contribution in [1.29, 1.82) is 0 Å². The number of hydrogen-bond donors (Lipinski definition) is 2. The minimum absolute atomic E-state index is 0.0461. The Morgan fingerprint density at radius 2 is 2.09 bits per heavy atom. The molecule has 2 N–H and O–H groups in total. The number of thiazole rings is 1. The van der Waals surface area contributed by atoms with Crippen LogP contribution in [0.3, 0.4) is 0 Å². The highest BCUT2D eigenvalue weighted by Crippen LogP contribution is 2.37. The Balaban J connectivity index is 1.31. The van der Waals surface area contributed by atoms with Crippen LogP contribution < -0.4 is 15.5 Å². The molecule has 9 heteroatoms. The van der Waals surface area contributed by atoms with Gasteiger partial charge in [0.25, 0.3) is 5.91 Å². The van der Waals surface area contributed by atoms with Gasteiger partial charge in [0, 0.05) is 49.9 Å². The van der Waals surface area contributed by atoms with Gasteiger partial charge >= 0.3 is 0 Å². The molecule has 0 fully saturated rings. The smallest absolute Gasteiger partial charge is 0.287 e. The summed E-state index contributed by atoms with van der Waals surface area (Å²) < 4.78 is 5.36. The minimum Gasteiger partial charge on any atom is -0.443 e. The monoisotopic (exact) mass is 461 g/mol. The summed E-state index contributed by atoms with van der Waals surface area (Å²) in [6.07, 6.45) is 3.98.